The van der Waals surface area contributed by atoms with Gasteiger partial charge in [0.25, 0.3) is 5.91 Å². The molecule has 3 N–H and O–H groups in total. The molecule has 2 aromatic rings. The van der Waals surface area contributed by atoms with Crippen LogP contribution in [0, 0.1) is 6.92 Å². The molecule has 3 rings (SSSR count). The minimum atomic E-state index is -0.269. The number of hydrogen-bond acceptors (Lipinski definition) is 6. The van der Waals surface area contributed by atoms with Gasteiger partial charge in [-0.3, -0.25) is 14.9 Å². The highest BCUT2D eigenvalue weighted by atomic mass is 32.1. The van der Waals surface area contributed by atoms with Gasteiger partial charge in [0.2, 0.25) is 5.91 Å². The van der Waals surface area contributed by atoms with Crippen molar-refractivity contribution >= 4 is 28.3 Å². The summed E-state index contributed by atoms with van der Waals surface area (Å²) in [6, 6.07) is 1.61. The molecule has 0 spiro atoms. The van der Waals surface area contributed by atoms with E-state index >= 15 is 0 Å². The Morgan fingerprint density at radius 1 is 1.44 bits per heavy atom. The Morgan fingerprint density at radius 3 is 3.04 bits per heavy atom. The molecular formula is C17H20N4O3S. The first-order chi connectivity index (χ1) is 12.1. The summed E-state index contributed by atoms with van der Waals surface area (Å²) in [5, 5.41) is 11.1. The zero-order valence-corrected chi connectivity index (χ0v) is 14.7. The summed E-state index contributed by atoms with van der Waals surface area (Å²) in [4.78, 5) is 28.4. The lowest BCUT2D eigenvalue weighted by atomic mass is 10.1. The molecule has 2 amide bonds. The number of anilines is 1. The fourth-order valence-electron chi connectivity index (χ4n) is 2.50. The van der Waals surface area contributed by atoms with E-state index in [2.05, 4.69) is 27.0 Å². The van der Waals surface area contributed by atoms with Gasteiger partial charge in [-0.25, -0.2) is 4.98 Å². The summed E-state index contributed by atoms with van der Waals surface area (Å²) in [6.07, 6.45) is 4.74. The third-order valence-electron chi connectivity index (χ3n) is 3.89. The van der Waals surface area contributed by atoms with E-state index in [0.717, 1.165) is 19.5 Å². The molecule has 0 aliphatic carbocycles. The number of carbonyl (C=O) groups is 2. The molecule has 7 nitrogen and oxygen atoms in total. The van der Waals surface area contributed by atoms with Crippen molar-refractivity contribution in [3.63, 3.8) is 0 Å². The maximum Gasteiger partial charge on any atom is 0.260 e. The number of thiazole rings is 1. The first-order valence-corrected chi connectivity index (χ1v) is 8.95. The molecule has 8 heteroatoms. The fraction of sp³-hybridized carbons (Fsp3) is 0.353. The number of amides is 2. The summed E-state index contributed by atoms with van der Waals surface area (Å²) in [5.74, 6) is 0.212. The molecule has 0 atom stereocenters. The van der Waals surface area contributed by atoms with Crippen LogP contribution in [0.2, 0.25) is 0 Å². The summed E-state index contributed by atoms with van der Waals surface area (Å²) in [5.41, 5.74) is 2.36. The van der Waals surface area contributed by atoms with Gasteiger partial charge in [-0.1, -0.05) is 11.6 Å². The van der Waals surface area contributed by atoms with Crippen molar-refractivity contribution in [2.24, 2.45) is 0 Å². The molecule has 0 saturated heterocycles. The lowest BCUT2D eigenvalue weighted by Crippen LogP contribution is -2.30. The van der Waals surface area contributed by atoms with E-state index < -0.39 is 0 Å². The van der Waals surface area contributed by atoms with E-state index in [1.54, 1.807) is 18.4 Å². The van der Waals surface area contributed by atoms with Gasteiger partial charge in [0.1, 0.15) is 5.76 Å². The van der Waals surface area contributed by atoms with Crippen LogP contribution in [0.25, 0.3) is 0 Å². The van der Waals surface area contributed by atoms with E-state index in [4.69, 9.17) is 4.42 Å². The van der Waals surface area contributed by atoms with Crippen LogP contribution in [0.3, 0.4) is 0 Å². The summed E-state index contributed by atoms with van der Waals surface area (Å²) in [6.45, 7) is 4.11. The van der Waals surface area contributed by atoms with Crippen molar-refractivity contribution in [2.45, 2.75) is 19.8 Å². The molecule has 3 heterocycles. The predicted octanol–water partition coefficient (Wildman–Crippen LogP) is 1.88. The second-order valence-corrected chi connectivity index (χ2v) is 6.62. The molecule has 0 saturated carbocycles. The highest BCUT2D eigenvalue weighted by Gasteiger charge is 2.14. The van der Waals surface area contributed by atoms with E-state index in [0.29, 0.717) is 28.7 Å². The Balaban J connectivity index is 1.49. The summed E-state index contributed by atoms with van der Waals surface area (Å²) >= 11 is 1.30. The Labute approximate surface area is 149 Å². The monoisotopic (exact) mass is 360 g/mol. The molecule has 0 aromatic carbocycles. The largest absolute Gasteiger partial charge is 0.469 e. The number of aryl methyl sites for hydroxylation is 1. The first-order valence-electron chi connectivity index (χ1n) is 8.07. The van der Waals surface area contributed by atoms with Crippen LogP contribution >= 0.6 is 11.3 Å². The van der Waals surface area contributed by atoms with Crippen molar-refractivity contribution in [2.75, 3.05) is 25.0 Å². The van der Waals surface area contributed by atoms with Crippen LogP contribution in [-0.2, 0) is 11.2 Å². The number of nitrogens with zero attached hydrogens (tertiary/aromatic N) is 1. The Morgan fingerprint density at radius 2 is 2.32 bits per heavy atom. The van der Waals surface area contributed by atoms with Gasteiger partial charge >= 0.3 is 0 Å². The summed E-state index contributed by atoms with van der Waals surface area (Å²) in [7, 11) is 0. The van der Waals surface area contributed by atoms with Crippen molar-refractivity contribution < 1.29 is 14.0 Å². The third-order valence-corrected chi connectivity index (χ3v) is 4.69. The second-order valence-electron chi connectivity index (χ2n) is 5.76. The third kappa shape index (κ3) is 4.77. The number of hydrogen-bond donors (Lipinski definition) is 3. The maximum absolute atomic E-state index is 12.1. The van der Waals surface area contributed by atoms with Crippen LogP contribution in [-0.4, -0.2) is 36.4 Å². The molecule has 0 bridgehead atoms. The van der Waals surface area contributed by atoms with Crippen LogP contribution in [0.1, 0.15) is 28.2 Å². The standard InChI is InChI=1S/C17H20N4O3S/c1-11-14(4-7-24-11)16(23)21-17-20-13(10-25-17)8-15(22)19-9-12-2-5-18-6-3-12/h2,4,7,10,18H,3,5-6,8-9H2,1H3,(H,19,22)(H,20,21,23). The highest BCUT2D eigenvalue weighted by molar-refractivity contribution is 7.14. The average Bonchev–Trinajstić information content (AvgIpc) is 3.23. The predicted molar refractivity (Wildman–Crippen MR) is 95.8 cm³/mol. The number of rotatable bonds is 6. The topological polar surface area (TPSA) is 96.3 Å². The quantitative estimate of drug-likeness (QED) is 0.684. The molecule has 0 fully saturated rings. The Hall–Kier alpha value is -2.45. The molecular weight excluding hydrogens is 340 g/mol. The van der Waals surface area contributed by atoms with E-state index in [9.17, 15) is 9.59 Å². The van der Waals surface area contributed by atoms with Crippen LogP contribution in [0.4, 0.5) is 5.13 Å². The fourth-order valence-corrected chi connectivity index (χ4v) is 3.21. The van der Waals surface area contributed by atoms with Gasteiger partial charge in [0, 0.05) is 18.5 Å². The van der Waals surface area contributed by atoms with Gasteiger partial charge in [-0.05, 0) is 26.0 Å². The second kappa shape index (κ2) is 8.09. The SMILES string of the molecule is Cc1occc1C(=O)Nc1nc(CC(=O)NCC2=CCNCC2)cs1. The zero-order valence-electron chi connectivity index (χ0n) is 13.9. The highest BCUT2D eigenvalue weighted by Crippen LogP contribution is 2.18. The van der Waals surface area contributed by atoms with E-state index in [-0.39, 0.29) is 18.2 Å². The number of aromatic nitrogens is 1. The lowest BCUT2D eigenvalue weighted by molar-refractivity contribution is -0.120. The van der Waals surface area contributed by atoms with Crippen molar-refractivity contribution in [3.05, 3.63) is 46.4 Å². The molecule has 0 unspecified atom stereocenters. The molecule has 1 aliphatic heterocycles. The molecule has 132 valence electrons. The van der Waals surface area contributed by atoms with E-state index in [1.807, 2.05) is 0 Å². The zero-order chi connectivity index (χ0) is 17.6. The summed E-state index contributed by atoms with van der Waals surface area (Å²) < 4.78 is 5.12. The average molecular weight is 360 g/mol. The smallest absolute Gasteiger partial charge is 0.260 e. The first kappa shape index (κ1) is 17.4. The van der Waals surface area contributed by atoms with Crippen LogP contribution < -0.4 is 16.0 Å². The molecule has 25 heavy (non-hydrogen) atoms. The Kier molecular flexibility index (Phi) is 5.62. The minimum Gasteiger partial charge on any atom is -0.469 e. The molecule has 1 aliphatic rings. The van der Waals surface area contributed by atoms with Crippen molar-refractivity contribution in [1.29, 1.82) is 0 Å². The van der Waals surface area contributed by atoms with Gasteiger partial charge in [0.05, 0.1) is 23.9 Å². The Bertz CT molecular complexity index is 793. The number of furan rings is 1. The van der Waals surface area contributed by atoms with Gasteiger partial charge in [-0.2, -0.15) is 0 Å². The minimum absolute atomic E-state index is 0.0757. The normalized spacial score (nSPS) is 14.0. The van der Waals surface area contributed by atoms with Crippen LogP contribution in [0.5, 0.6) is 0 Å². The maximum atomic E-state index is 12.1. The number of nitrogens with one attached hydrogen (secondary N) is 3. The number of carbonyl (C=O) groups excluding carboxylic acids is 2. The van der Waals surface area contributed by atoms with E-state index in [1.165, 1.54) is 23.2 Å². The van der Waals surface area contributed by atoms with Gasteiger partial charge in [0.15, 0.2) is 5.13 Å². The van der Waals surface area contributed by atoms with Gasteiger partial charge < -0.3 is 15.1 Å². The lowest BCUT2D eigenvalue weighted by Gasteiger charge is -2.14. The molecule has 0 radical (unpaired) electrons. The molecule has 2 aromatic heterocycles. The van der Waals surface area contributed by atoms with Crippen molar-refractivity contribution in [3.8, 4) is 0 Å². The van der Waals surface area contributed by atoms with Crippen molar-refractivity contribution in [1.82, 2.24) is 15.6 Å². The van der Waals surface area contributed by atoms with Crippen LogP contribution in [0.15, 0.2) is 33.8 Å². The van der Waals surface area contributed by atoms with Gasteiger partial charge in [-0.15, -0.1) is 11.3 Å².